The molecule has 0 saturated carbocycles. The molecule has 33 heavy (non-hydrogen) atoms. The number of ether oxygens (including phenoxy) is 2. The molecule has 1 rings (SSSR count). The highest BCUT2D eigenvalue weighted by Gasteiger charge is 2.40. The fourth-order valence-electron chi connectivity index (χ4n) is 2.73. The molecule has 1 fully saturated rings. The fourth-order valence-corrected chi connectivity index (χ4v) is 3.43. The highest BCUT2D eigenvalue weighted by molar-refractivity contribution is 8.13. The van der Waals surface area contributed by atoms with Gasteiger partial charge in [-0.1, -0.05) is 25.6 Å². The van der Waals surface area contributed by atoms with E-state index in [4.69, 9.17) is 9.47 Å². The second-order valence-electron chi connectivity index (χ2n) is 8.22. The second kappa shape index (κ2) is 13.7. The van der Waals surface area contributed by atoms with E-state index in [9.17, 15) is 33.6 Å². The summed E-state index contributed by atoms with van der Waals surface area (Å²) in [5, 5.41) is 4.76. The SMILES string of the molecule is CC(=O)CC(=O)OCC(C)(C)[C@H]1OC(=O)CCC(=O)CC(=O)SCCNC(=O)CCNC1=O. The molecule has 0 radical (unpaired) electrons. The molecule has 0 unspecified atom stereocenters. The minimum absolute atomic E-state index is 0.0382. The Morgan fingerprint density at radius 3 is 2.42 bits per heavy atom. The van der Waals surface area contributed by atoms with Crippen LogP contribution in [0.2, 0.25) is 0 Å². The lowest BCUT2D eigenvalue weighted by molar-refractivity contribution is -0.169. The summed E-state index contributed by atoms with van der Waals surface area (Å²) in [6.07, 6.45) is -2.79. The van der Waals surface area contributed by atoms with E-state index >= 15 is 0 Å². The Labute approximate surface area is 196 Å². The van der Waals surface area contributed by atoms with Crippen LogP contribution < -0.4 is 10.6 Å². The van der Waals surface area contributed by atoms with Crippen molar-refractivity contribution in [3.8, 4) is 0 Å². The van der Waals surface area contributed by atoms with Crippen molar-refractivity contribution in [1.29, 1.82) is 0 Å². The summed E-state index contributed by atoms with van der Waals surface area (Å²) in [6, 6.07) is 0. The number of hydrogen-bond donors (Lipinski definition) is 2. The summed E-state index contributed by atoms with van der Waals surface area (Å²) in [7, 11) is 0. The molecule has 11 nitrogen and oxygen atoms in total. The number of nitrogens with one attached hydrogen (secondary N) is 2. The van der Waals surface area contributed by atoms with Gasteiger partial charge in [-0.3, -0.25) is 33.6 Å². The summed E-state index contributed by atoms with van der Waals surface area (Å²) >= 11 is 0.915. The van der Waals surface area contributed by atoms with Crippen LogP contribution in [0.4, 0.5) is 0 Å². The normalized spacial score (nSPS) is 20.2. The quantitative estimate of drug-likeness (QED) is 0.402. The zero-order valence-corrected chi connectivity index (χ0v) is 19.8. The van der Waals surface area contributed by atoms with Gasteiger partial charge in [0.15, 0.2) is 11.2 Å². The first-order valence-electron chi connectivity index (χ1n) is 10.5. The van der Waals surface area contributed by atoms with Gasteiger partial charge in [0.2, 0.25) is 5.91 Å². The highest BCUT2D eigenvalue weighted by Crippen LogP contribution is 2.25. The molecule has 1 atom stereocenters. The number of thioether (sulfide) groups is 1. The number of ketones is 2. The Balaban J connectivity index is 2.94. The van der Waals surface area contributed by atoms with Gasteiger partial charge in [0.25, 0.3) is 5.91 Å². The maximum absolute atomic E-state index is 12.8. The van der Waals surface area contributed by atoms with Gasteiger partial charge in [-0.25, -0.2) is 0 Å². The van der Waals surface area contributed by atoms with Crippen LogP contribution in [0.15, 0.2) is 0 Å². The number of esters is 2. The van der Waals surface area contributed by atoms with Crippen LogP contribution >= 0.6 is 11.8 Å². The van der Waals surface area contributed by atoms with Crippen LogP contribution in [0.5, 0.6) is 0 Å². The number of amides is 2. The molecule has 0 aromatic heterocycles. The second-order valence-corrected chi connectivity index (χ2v) is 9.38. The van der Waals surface area contributed by atoms with E-state index in [1.807, 2.05) is 0 Å². The van der Waals surface area contributed by atoms with Crippen molar-refractivity contribution in [2.24, 2.45) is 5.41 Å². The topological polar surface area (TPSA) is 162 Å². The van der Waals surface area contributed by atoms with E-state index < -0.39 is 41.6 Å². The number of cyclic esters (lactones) is 1. The van der Waals surface area contributed by atoms with Gasteiger partial charge < -0.3 is 20.1 Å². The minimum atomic E-state index is -1.40. The van der Waals surface area contributed by atoms with Crippen molar-refractivity contribution < 1.29 is 43.0 Å². The molecule has 0 aromatic rings. The molecule has 0 aromatic carbocycles. The Morgan fingerprint density at radius 1 is 1.06 bits per heavy atom. The smallest absolute Gasteiger partial charge is 0.313 e. The number of rotatable bonds is 5. The minimum Gasteiger partial charge on any atom is -0.465 e. The number of carbonyl (C=O) groups is 7. The molecule has 1 saturated heterocycles. The lowest BCUT2D eigenvalue weighted by atomic mass is 9.86. The monoisotopic (exact) mass is 486 g/mol. The van der Waals surface area contributed by atoms with Crippen LogP contribution in [-0.2, 0) is 43.0 Å². The molecular weight excluding hydrogens is 456 g/mol. The van der Waals surface area contributed by atoms with Gasteiger partial charge in [0.05, 0.1) is 12.8 Å². The Hall–Kier alpha value is -2.76. The average molecular weight is 487 g/mol. The molecule has 12 heteroatoms. The van der Waals surface area contributed by atoms with Crippen molar-refractivity contribution in [2.75, 3.05) is 25.4 Å². The molecule has 2 N–H and O–H groups in total. The lowest BCUT2D eigenvalue weighted by Gasteiger charge is -2.32. The molecular formula is C21H30N2O9S. The predicted octanol–water partition coefficient (Wildman–Crippen LogP) is 0.0820. The van der Waals surface area contributed by atoms with Crippen molar-refractivity contribution in [2.45, 2.75) is 59.0 Å². The van der Waals surface area contributed by atoms with Gasteiger partial charge in [-0.2, -0.15) is 0 Å². The zero-order valence-electron chi connectivity index (χ0n) is 19.0. The summed E-state index contributed by atoms with van der Waals surface area (Å²) < 4.78 is 10.4. The third-order valence-electron chi connectivity index (χ3n) is 4.48. The highest BCUT2D eigenvalue weighted by atomic mass is 32.2. The number of carbonyl (C=O) groups excluding carboxylic acids is 7. The van der Waals surface area contributed by atoms with Gasteiger partial charge in [0.1, 0.15) is 24.6 Å². The van der Waals surface area contributed by atoms with Gasteiger partial charge in [-0.15, -0.1) is 0 Å². The first kappa shape index (κ1) is 28.3. The van der Waals surface area contributed by atoms with Gasteiger partial charge in [0, 0.05) is 37.1 Å². The largest absolute Gasteiger partial charge is 0.465 e. The third kappa shape index (κ3) is 11.6. The number of hydrogen-bond acceptors (Lipinski definition) is 10. The molecule has 2 amide bonds. The Morgan fingerprint density at radius 2 is 1.76 bits per heavy atom. The molecule has 1 aliphatic rings. The van der Waals surface area contributed by atoms with Crippen molar-refractivity contribution in [3.05, 3.63) is 0 Å². The molecule has 184 valence electrons. The zero-order chi connectivity index (χ0) is 25.0. The van der Waals surface area contributed by atoms with Crippen molar-refractivity contribution >= 4 is 52.2 Å². The van der Waals surface area contributed by atoms with E-state index in [0.717, 1.165) is 11.8 Å². The number of Topliss-reactive ketones (excluding diaryl/α,β-unsaturated/α-hetero) is 2. The molecule has 1 aliphatic heterocycles. The Kier molecular flexibility index (Phi) is 11.7. The first-order valence-corrected chi connectivity index (χ1v) is 11.5. The average Bonchev–Trinajstić information content (AvgIpc) is 2.71. The van der Waals surface area contributed by atoms with E-state index in [-0.39, 0.29) is 62.2 Å². The third-order valence-corrected chi connectivity index (χ3v) is 5.36. The first-order chi connectivity index (χ1) is 15.4. The standard InChI is InChI=1S/C21H30N2O9S/c1-13(24)10-17(28)31-12-21(2,3)19-20(30)23-7-6-15(26)22-8-9-33-18(29)11-14(25)4-5-16(27)32-19/h19H,4-12H2,1-3H3,(H,22,26)(H,23,30)/t19-/m0/s1. The van der Waals surface area contributed by atoms with E-state index in [2.05, 4.69) is 10.6 Å². The summed E-state index contributed by atoms with van der Waals surface area (Å²) in [6.45, 7) is 4.15. The van der Waals surface area contributed by atoms with Crippen molar-refractivity contribution in [3.63, 3.8) is 0 Å². The van der Waals surface area contributed by atoms with Crippen LogP contribution in [0, 0.1) is 5.41 Å². The molecule has 0 spiro atoms. The predicted molar refractivity (Wildman–Crippen MR) is 117 cm³/mol. The van der Waals surface area contributed by atoms with E-state index in [1.165, 1.54) is 20.8 Å². The van der Waals surface area contributed by atoms with Crippen LogP contribution in [0.1, 0.15) is 52.9 Å². The van der Waals surface area contributed by atoms with Gasteiger partial charge >= 0.3 is 11.9 Å². The van der Waals surface area contributed by atoms with Gasteiger partial charge in [-0.05, 0) is 6.92 Å². The Bertz CT molecular complexity index is 795. The van der Waals surface area contributed by atoms with Crippen LogP contribution in [0.3, 0.4) is 0 Å². The maximum Gasteiger partial charge on any atom is 0.313 e. The molecule has 0 aliphatic carbocycles. The lowest BCUT2D eigenvalue weighted by Crippen LogP contribution is -2.49. The van der Waals surface area contributed by atoms with E-state index in [0.29, 0.717) is 5.75 Å². The molecule has 1 heterocycles. The van der Waals surface area contributed by atoms with Crippen LogP contribution in [0.25, 0.3) is 0 Å². The van der Waals surface area contributed by atoms with Crippen molar-refractivity contribution in [1.82, 2.24) is 10.6 Å². The van der Waals surface area contributed by atoms with Crippen LogP contribution in [-0.4, -0.2) is 72.0 Å². The molecule has 0 bridgehead atoms. The summed E-state index contributed by atoms with van der Waals surface area (Å²) in [5.74, 6) is -3.21. The summed E-state index contributed by atoms with van der Waals surface area (Å²) in [4.78, 5) is 83.6. The fraction of sp³-hybridized carbons (Fsp3) is 0.667. The summed E-state index contributed by atoms with van der Waals surface area (Å²) in [5.41, 5.74) is -1.19. The maximum atomic E-state index is 12.8. The van der Waals surface area contributed by atoms with E-state index in [1.54, 1.807) is 0 Å².